The van der Waals surface area contributed by atoms with Gasteiger partial charge in [0, 0.05) is 29.9 Å². The Morgan fingerprint density at radius 3 is 2.81 bits per heavy atom. The molecule has 0 aliphatic carbocycles. The predicted octanol–water partition coefficient (Wildman–Crippen LogP) is 3.00. The second-order valence-corrected chi connectivity index (χ2v) is 4.77. The average Bonchev–Trinajstić information content (AvgIpc) is 2.46. The van der Waals surface area contributed by atoms with E-state index >= 15 is 0 Å². The first kappa shape index (κ1) is 17.7. The van der Waals surface area contributed by atoms with Gasteiger partial charge in [0.2, 0.25) is 0 Å². The van der Waals surface area contributed by atoms with Crippen molar-refractivity contribution in [2.45, 2.75) is 13.0 Å². The van der Waals surface area contributed by atoms with Gasteiger partial charge in [0.15, 0.2) is 5.96 Å². The summed E-state index contributed by atoms with van der Waals surface area (Å²) in [5, 5.41) is 3.78. The van der Waals surface area contributed by atoms with E-state index in [1.165, 1.54) is 0 Å². The molecule has 1 aromatic heterocycles. The van der Waals surface area contributed by atoms with Gasteiger partial charge in [-0.05, 0) is 29.8 Å². The minimum atomic E-state index is 0. The molecule has 0 saturated heterocycles. The Morgan fingerprint density at radius 2 is 2.10 bits per heavy atom. The number of nitrogens with two attached hydrogens (primary N) is 1. The van der Waals surface area contributed by atoms with Gasteiger partial charge < -0.3 is 11.1 Å². The quantitative estimate of drug-likeness (QED) is 0.447. The van der Waals surface area contributed by atoms with Crippen LogP contribution in [-0.4, -0.2) is 17.5 Å². The molecule has 21 heavy (non-hydrogen) atoms. The van der Waals surface area contributed by atoms with Gasteiger partial charge in [-0.1, -0.05) is 29.8 Å². The predicted molar refractivity (Wildman–Crippen MR) is 98.1 cm³/mol. The van der Waals surface area contributed by atoms with Gasteiger partial charge in [-0.25, -0.2) is 4.99 Å². The van der Waals surface area contributed by atoms with Crippen molar-refractivity contribution in [2.75, 3.05) is 6.54 Å². The van der Waals surface area contributed by atoms with Crippen molar-refractivity contribution in [3.63, 3.8) is 0 Å². The molecule has 0 amide bonds. The van der Waals surface area contributed by atoms with E-state index in [-0.39, 0.29) is 24.0 Å². The zero-order valence-electron chi connectivity index (χ0n) is 11.5. The Morgan fingerprint density at radius 1 is 1.24 bits per heavy atom. The van der Waals surface area contributed by atoms with Crippen molar-refractivity contribution in [3.05, 3.63) is 64.9 Å². The number of hydrogen-bond acceptors (Lipinski definition) is 2. The Balaban J connectivity index is 0.00000220. The molecule has 2 rings (SSSR count). The number of benzene rings is 1. The lowest BCUT2D eigenvalue weighted by atomic mass is 10.2. The van der Waals surface area contributed by atoms with E-state index in [2.05, 4.69) is 15.3 Å². The summed E-state index contributed by atoms with van der Waals surface area (Å²) in [5.41, 5.74) is 7.87. The fraction of sp³-hybridized carbons (Fsp3) is 0.200. The molecule has 0 aliphatic heterocycles. The van der Waals surface area contributed by atoms with Crippen LogP contribution in [0.3, 0.4) is 0 Å². The molecule has 6 heteroatoms. The van der Waals surface area contributed by atoms with E-state index in [1.54, 1.807) is 6.20 Å². The monoisotopic (exact) mass is 416 g/mol. The van der Waals surface area contributed by atoms with Crippen molar-refractivity contribution in [3.8, 4) is 0 Å². The number of rotatable bonds is 5. The number of aromatic nitrogens is 1. The fourth-order valence-corrected chi connectivity index (χ4v) is 1.95. The van der Waals surface area contributed by atoms with E-state index in [4.69, 9.17) is 17.3 Å². The largest absolute Gasteiger partial charge is 0.370 e. The second kappa shape index (κ2) is 9.57. The third-order valence-corrected chi connectivity index (χ3v) is 2.97. The molecule has 3 N–H and O–H groups in total. The molecule has 2 aromatic rings. The molecule has 4 nitrogen and oxygen atoms in total. The van der Waals surface area contributed by atoms with Gasteiger partial charge in [-0.3, -0.25) is 4.98 Å². The van der Waals surface area contributed by atoms with Gasteiger partial charge >= 0.3 is 0 Å². The van der Waals surface area contributed by atoms with E-state index in [0.717, 1.165) is 17.7 Å². The number of hydrogen-bond donors (Lipinski definition) is 2. The molecule has 0 fully saturated rings. The summed E-state index contributed by atoms with van der Waals surface area (Å²) in [7, 11) is 0. The topological polar surface area (TPSA) is 63.3 Å². The van der Waals surface area contributed by atoms with E-state index in [0.29, 0.717) is 24.1 Å². The van der Waals surface area contributed by atoms with E-state index in [9.17, 15) is 0 Å². The van der Waals surface area contributed by atoms with Crippen molar-refractivity contribution in [1.82, 2.24) is 10.3 Å². The molecule has 1 heterocycles. The van der Waals surface area contributed by atoms with Crippen LogP contribution in [0.2, 0.25) is 5.02 Å². The standard InChI is InChI=1S/C15H17ClN4.HI/c16-13-5-3-4-12(10-13)11-20-15(17)19-9-7-14-6-1-2-8-18-14;/h1-6,8,10H,7,9,11H2,(H3,17,19,20);1H. The summed E-state index contributed by atoms with van der Waals surface area (Å²) in [6, 6.07) is 13.4. The smallest absolute Gasteiger partial charge is 0.188 e. The highest BCUT2D eigenvalue weighted by molar-refractivity contribution is 14.0. The maximum atomic E-state index is 5.91. The maximum absolute atomic E-state index is 5.91. The van der Waals surface area contributed by atoms with Crippen LogP contribution in [0.1, 0.15) is 11.3 Å². The summed E-state index contributed by atoms with van der Waals surface area (Å²) in [5.74, 6) is 0.431. The van der Waals surface area contributed by atoms with Crippen LogP contribution in [0, 0.1) is 0 Å². The van der Waals surface area contributed by atoms with Crippen LogP contribution in [0.15, 0.2) is 53.7 Å². The normalized spacial score (nSPS) is 10.8. The number of halogens is 2. The second-order valence-electron chi connectivity index (χ2n) is 4.33. The number of nitrogens with one attached hydrogen (secondary N) is 1. The van der Waals surface area contributed by atoms with Crippen LogP contribution in [0.5, 0.6) is 0 Å². The first-order valence-electron chi connectivity index (χ1n) is 6.42. The lowest BCUT2D eigenvalue weighted by Gasteiger charge is -2.05. The molecule has 0 radical (unpaired) electrons. The molecule has 1 aromatic carbocycles. The zero-order chi connectivity index (χ0) is 14.2. The summed E-state index contributed by atoms with van der Waals surface area (Å²) < 4.78 is 0. The van der Waals surface area contributed by atoms with Gasteiger partial charge in [0.1, 0.15) is 0 Å². The molecule has 0 unspecified atom stereocenters. The van der Waals surface area contributed by atoms with Crippen LogP contribution in [0.25, 0.3) is 0 Å². The fourth-order valence-electron chi connectivity index (χ4n) is 1.73. The van der Waals surface area contributed by atoms with Gasteiger partial charge in [0.05, 0.1) is 6.54 Å². The molecule has 0 spiro atoms. The average molecular weight is 417 g/mol. The van der Waals surface area contributed by atoms with Crippen LogP contribution in [-0.2, 0) is 13.0 Å². The zero-order valence-corrected chi connectivity index (χ0v) is 14.6. The lowest BCUT2D eigenvalue weighted by Crippen LogP contribution is -2.33. The third kappa shape index (κ3) is 6.77. The molecular weight excluding hydrogens is 399 g/mol. The highest BCUT2D eigenvalue weighted by atomic mass is 127. The summed E-state index contributed by atoms with van der Waals surface area (Å²) in [6.45, 7) is 1.23. The van der Waals surface area contributed by atoms with Crippen molar-refractivity contribution >= 4 is 41.5 Å². The highest BCUT2D eigenvalue weighted by Crippen LogP contribution is 2.11. The molecule has 0 atom stereocenters. The third-order valence-electron chi connectivity index (χ3n) is 2.73. The van der Waals surface area contributed by atoms with Crippen molar-refractivity contribution in [2.24, 2.45) is 10.7 Å². The maximum Gasteiger partial charge on any atom is 0.188 e. The Bertz CT molecular complexity index is 575. The Hall–Kier alpha value is -1.34. The minimum Gasteiger partial charge on any atom is -0.370 e. The van der Waals surface area contributed by atoms with Crippen molar-refractivity contribution < 1.29 is 0 Å². The SMILES string of the molecule is I.NC(=NCc1cccc(Cl)c1)NCCc1ccccn1. The molecule has 0 bridgehead atoms. The van der Waals surface area contributed by atoms with Crippen molar-refractivity contribution in [1.29, 1.82) is 0 Å². The molecule has 0 aliphatic rings. The summed E-state index contributed by atoms with van der Waals surface area (Å²) in [4.78, 5) is 8.51. The minimum absolute atomic E-state index is 0. The van der Waals surface area contributed by atoms with Gasteiger partial charge in [-0.15, -0.1) is 24.0 Å². The molecule has 0 saturated carbocycles. The first-order chi connectivity index (χ1) is 9.74. The number of pyridine rings is 1. The van der Waals surface area contributed by atoms with E-state index in [1.807, 2.05) is 42.5 Å². The summed E-state index contributed by atoms with van der Waals surface area (Å²) >= 11 is 5.91. The van der Waals surface area contributed by atoms with Gasteiger partial charge in [-0.2, -0.15) is 0 Å². The lowest BCUT2D eigenvalue weighted by molar-refractivity contribution is 0.827. The number of guanidine groups is 1. The summed E-state index contributed by atoms with van der Waals surface area (Å²) in [6.07, 6.45) is 2.60. The first-order valence-corrected chi connectivity index (χ1v) is 6.80. The Labute approximate surface area is 146 Å². The molecular formula is C15H18ClIN4. The van der Waals surface area contributed by atoms with Crippen LogP contribution >= 0.6 is 35.6 Å². The number of aliphatic imine (C=N–C) groups is 1. The highest BCUT2D eigenvalue weighted by Gasteiger charge is 1.96. The van der Waals surface area contributed by atoms with Crippen LogP contribution < -0.4 is 11.1 Å². The van der Waals surface area contributed by atoms with Gasteiger partial charge in [0.25, 0.3) is 0 Å². The van der Waals surface area contributed by atoms with Crippen LogP contribution in [0.4, 0.5) is 0 Å². The van der Waals surface area contributed by atoms with E-state index < -0.39 is 0 Å². The Kier molecular flexibility index (Phi) is 8.07. The molecule has 112 valence electrons. The number of nitrogens with zero attached hydrogens (tertiary/aromatic N) is 2.